The van der Waals surface area contributed by atoms with E-state index >= 15 is 0 Å². The van der Waals surface area contributed by atoms with Gasteiger partial charge in [-0.2, -0.15) is 9.78 Å². The van der Waals surface area contributed by atoms with E-state index in [2.05, 4.69) is 26.3 Å². The van der Waals surface area contributed by atoms with Crippen LogP contribution in [-0.2, 0) is 10.2 Å². The van der Waals surface area contributed by atoms with E-state index in [4.69, 9.17) is 26.1 Å². The van der Waals surface area contributed by atoms with Crippen molar-refractivity contribution in [3.63, 3.8) is 0 Å². The van der Waals surface area contributed by atoms with Crippen molar-refractivity contribution < 1.29 is 18.7 Å². The molecule has 0 unspecified atom stereocenters. The van der Waals surface area contributed by atoms with Crippen LogP contribution >= 0.6 is 27.5 Å². The van der Waals surface area contributed by atoms with Gasteiger partial charge < -0.3 is 14.8 Å². The molecule has 11 heteroatoms. The highest BCUT2D eigenvalue weighted by molar-refractivity contribution is 9.10. The summed E-state index contributed by atoms with van der Waals surface area (Å²) in [5.41, 5.74) is 0.0465. The summed E-state index contributed by atoms with van der Waals surface area (Å²) in [6.45, 7) is 5.33. The predicted molar refractivity (Wildman–Crippen MR) is 154 cm³/mol. The molecule has 0 spiro atoms. The fraction of sp³-hybridized carbons (Fsp3) is 0.214. The number of fused-ring (bicyclic) bond motifs is 1. The molecule has 0 saturated carbocycles. The van der Waals surface area contributed by atoms with Gasteiger partial charge in [0.2, 0.25) is 0 Å². The molecule has 0 aliphatic rings. The van der Waals surface area contributed by atoms with Crippen molar-refractivity contribution >= 4 is 56.2 Å². The lowest BCUT2D eigenvalue weighted by Gasteiger charge is -2.21. The van der Waals surface area contributed by atoms with Crippen LogP contribution < -0.4 is 20.3 Å². The van der Waals surface area contributed by atoms with Crippen molar-refractivity contribution in [2.24, 2.45) is 5.10 Å². The molecular weight excluding hydrogens is 591 g/mol. The largest absolute Gasteiger partial charge is 0.493 e. The van der Waals surface area contributed by atoms with Crippen LogP contribution in [0.3, 0.4) is 0 Å². The summed E-state index contributed by atoms with van der Waals surface area (Å²) in [6.07, 6.45) is 1.39. The fourth-order valence-corrected chi connectivity index (χ4v) is 4.32. The first-order valence-electron chi connectivity index (χ1n) is 11.8. The Morgan fingerprint density at radius 3 is 2.64 bits per heavy atom. The molecule has 0 fully saturated rings. The number of hydrogen-bond acceptors (Lipinski definition) is 6. The van der Waals surface area contributed by atoms with E-state index in [0.29, 0.717) is 27.3 Å². The number of hydrogen-bond donors (Lipinski definition) is 1. The van der Waals surface area contributed by atoms with Crippen LogP contribution in [0.2, 0.25) is 5.02 Å². The lowest BCUT2D eigenvalue weighted by atomic mass is 9.95. The molecule has 8 nitrogen and oxygen atoms in total. The number of para-hydroxylation sites is 1. The van der Waals surface area contributed by atoms with Crippen molar-refractivity contribution in [1.82, 2.24) is 9.66 Å². The number of benzene rings is 3. The molecule has 3 aromatic carbocycles. The van der Waals surface area contributed by atoms with Crippen LogP contribution in [0.1, 0.15) is 32.2 Å². The van der Waals surface area contributed by atoms with Gasteiger partial charge in [0, 0.05) is 26.5 Å². The zero-order valence-electron chi connectivity index (χ0n) is 21.6. The lowest BCUT2D eigenvalue weighted by Crippen LogP contribution is -2.29. The summed E-state index contributed by atoms with van der Waals surface area (Å²) in [6, 6.07) is 14.2. The van der Waals surface area contributed by atoms with Gasteiger partial charge in [-0.15, -0.1) is 0 Å². The predicted octanol–water partition coefficient (Wildman–Crippen LogP) is 6.16. The van der Waals surface area contributed by atoms with Gasteiger partial charge in [-0.25, -0.2) is 9.37 Å². The Labute approximate surface area is 237 Å². The molecule has 4 aromatic rings. The van der Waals surface area contributed by atoms with Gasteiger partial charge in [-0.05, 0) is 36.4 Å². The Bertz CT molecular complexity index is 1650. The smallest absolute Gasteiger partial charge is 0.282 e. The fourth-order valence-electron chi connectivity index (χ4n) is 3.74. The standard InChI is InChI=1S/C28H25BrClFN4O4/c1-28(2,3)27-34-21-10-9-17(29)12-19(21)26(37)35(27)32-14-16-11-18(30)13-23(38-4)25(16)39-15-24(36)33-22-8-6-5-7-20(22)31/h5-14H,15H2,1-4H3,(H,33,36). The number of rotatable bonds is 7. The third-order valence-corrected chi connectivity index (χ3v) is 6.27. The van der Waals surface area contributed by atoms with Crippen molar-refractivity contribution in [2.75, 3.05) is 19.0 Å². The van der Waals surface area contributed by atoms with Crippen LogP contribution in [-0.4, -0.2) is 35.5 Å². The van der Waals surface area contributed by atoms with Gasteiger partial charge in [-0.1, -0.05) is 60.4 Å². The second-order valence-corrected chi connectivity index (χ2v) is 10.9. The van der Waals surface area contributed by atoms with Crippen LogP contribution in [0.25, 0.3) is 10.9 Å². The van der Waals surface area contributed by atoms with Crippen LogP contribution in [0.5, 0.6) is 11.5 Å². The Morgan fingerprint density at radius 1 is 1.21 bits per heavy atom. The van der Waals surface area contributed by atoms with Gasteiger partial charge in [0.1, 0.15) is 11.6 Å². The van der Waals surface area contributed by atoms with E-state index in [1.54, 1.807) is 24.3 Å². The van der Waals surface area contributed by atoms with Gasteiger partial charge in [0.15, 0.2) is 18.1 Å². The molecule has 0 aliphatic carbocycles. The zero-order valence-corrected chi connectivity index (χ0v) is 23.9. The molecule has 1 heterocycles. The SMILES string of the molecule is COc1cc(Cl)cc(C=Nn2c(C(C)(C)C)nc3ccc(Br)cc3c2=O)c1OCC(=O)Nc1ccccc1F. The summed E-state index contributed by atoms with van der Waals surface area (Å²) >= 11 is 9.70. The summed E-state index contributed by atoms with van der Waals surface area (Å²) in [7, 11) is 1.42. The molecule has 0 aliphatic heterocycles. The zero-order chi connectivity index (χ0) is 28.3. The number of anilines is 1. The summed E-state index contributed by atoms with van der Waals surface area (Å²) < 4.78 is 27.1. The molecule has 202 valence electrons. The normalized spacial score (nSPS) is 11.7. The molecule has 0 bridgehead atoms. The molecular formula is C28H25BrClFN4O4. The molecule has 1 amide bonds. The van der Waals surface area contributed by atoms with Crippen LogP contribution in [0, 0.1) is 5.82 Å². The van der Waals surface area contributed by atoms with E-state index in [1.807, 2.05) is 26.8 Å². The average molecular weight is 616 g/mol. The van der Waals surface area contributed by atoms with Crippen molar-refractivity contribution in [2.45, 2.75) is 26.2 Å². The van der Waals surface area contributed by atoms with Crippen LogP contribution in [0.4, 0.5) is 10.1 Å². The maximum atomic E-state index is 13.9. The van der Waals surface area contributed by atoms with Crippen LogP contribution in [0.15, 0.2) is 69.0 Å². The maximum Gasteiger partial charge on any atom is 0.282 e. The average Bonchev–Trinajstić information content (AvgIpc) is 2.88. The summed E-state index contributed by atoms with van der Waals surface area (Å²) in [5, 5.41) is 7.63. The Balaban J connectivity index is 1.73. The first-order chi connectivity index (χ1) is 18.5. The van der Waals surface area contributed by atoms with Crippen molar-refractivity contribution in [1.29, 1.82) is 0 Å². The Kier molecular flexibility index (Phi) is 8.36. The maximum absolute atomic E-state index is 13.9. The number of halogens is 3. The van der Waals surface area contributed by atoms with Gasteiger partial charge >= 0.3 is 0 Å². The number of carbonyl (C=O) groups excluding carboxylic acids is 1. The molecule has 39 heavy (non-hydrogen) atoms. The number of aromatic nitrogens is 2. The number of amides is 1. The Morgan fingerprint density at radius 2 is 1.95 bits per heavy atom. The Hall–Kier alpha value is -3.76. The topological polar surface area (TPSA) is 94.8 Å². The quantitative estimate of drug-likeness (QED) is 0.252. The molecule has 1 N–H and O–H groups in total. The lowest BCUT2D eigenvalue weighted by molar-refractivity contribution is -0.118. The van der Waals surface area contributed by atoms with Gasteiger partial charge in [0.05, 0.1) is 29.9 Å². The highest BCUT2D eigenvalue weighted by Crippen LogP contribution is 2.34. The third-order valence-electron chi connectivity index (χ3n) is 5.56. The minimum Gasteiger partial charge on any atom is -0.493 e. The summed E-state index contributed by atoms with van der Waals surface area (Å²) in [5.74, 6) is -0.309. The van der Waals surface area contributed by atoms with E-state index in [-0.39, 0.29) is 22.7 Å². The minimum absolute atomic E-state index is 0.0282. The van der Waals surface area contributed by atoms with E-state index < -0.39 is 23.7 Å². The van der Waals surface area contributed by atoms with Crippen molar-refractivity contribution in [3.8, 4) is 11.5 Å². The number of carbonyl (C=O) groups is 1. The number of nitrogens with zero attached hydrogens (tertiary/aromatic N) is 3. The first-order valence-corrected chi connectivity index (χ1v) is 13.0. The van der Waals surface area contributed by atoms with E-state index in [1.165, 1.54) is 42.3 Å². The van der Waals surface area contributed by atoms with Crippen molar-refractivity contribution in [3.05, 3.63) is 91.7 Å². The van der Waals surface area contributed by atoms with Gasteiger partial charge in [0.25, 0.3) is 11.5 Å². The minimum atomic E-state index is -0.587. The molecule has 4 rings (SSSR count). The highest BCUT2D eigenvalue weighted by atomic mass is 79.9. The molecule has 0 atom stereocenters. The summed E-state index contributed by atoms with van der Waals surface area (Å²) in [4.78, 5) is 30.7. The molecule has 0 saturated heterocycles. The monoisotopic (exact) mass is 614 g/mol. The number of ether oxygens (including phenoxy) is 2. The molecule has 0 radical (unpaired) electrons. The second kappa shape index (κ2) is 11.5. The molecule has 1 aromatic heterocycles. The number of methoxy groups -OCH3 is 1. The third kappa shape index (κ3) is 6.46. The highest BCUT2D eigenvalue weighted by Gasteiger charge is 2.23. The van der Waals surface area contributed by atoms with Gasteiger partial charge in [-0.3, -0.25) is 9.59 Å². The second-order valence-electron chi connectivity index (χ2n) is 9.55. The number of nitrogens with one attached hydrogen (secondary N) is 1. The first kappa shape index (κ1) is 28.3. The van der Waals surface area contributed by atoms with E-state index in [9.17, 15) is 14.0 Å². The van der Waals surface area contributed by atoms with E-state index in [0.717, 1.165) is 4.47 Å².